The number of halogens is 1. The number of fused-ring (bicyclic) bond motifs is 1. The summed E-state index contributed by atoms with van der Waals surface area (Å²) >= 11 is 0. The molecule has 8 heteroatoms. The predicted octanol–water partition coefficient (Wildman–Crippen LogP) is 3.42. The molecule has 3 heterocycles. The normalized spacial score (nSPS) is 17.6. The molecule has 138 valence electrons. The van der Waals surface area contributed by atoms with E-state index in [2.05, 4.69) is 9.97 Å². The van der Waals surface area contributed by atoms with E-state index in [-0.39, 0.29) is 17.3 Å². The van der Waals surface area contributed by atoms with Crippen LogP contribution in [0.5, 0.6) is 0 Å². The summed E-state index contributed by atoms with van der Waals surface area (Å²) in [6, 6.07) is 6.25. The van der Waals surface area contributed by atoms with Crippen molar-refractivity contribution in [2.24, 2.45) is 5.92 Å². The molecule has 1 aromatic carbocycles. The molecule has 1 atom stereocenters. The predicted molar refractivity (Wildman–Crippen MR) is 94.5 cm³/mol. The number of aromatic amines is 1. The number of anilines is 1. The Bertz CT molecular complexity index is 1080. The van der Waals surface area contributed by atoms with E-state index in [4.69, 9.17) is 4.42 Å². The Morgan fingerprint density at radius 3 is 2.81 bits per heavy atom. The third-order valence-corrected chi connectivity index (χ3v) is 4.47. The Balaban J connectivity index is 1.88. The van der Waals surface area contributed by atoms with E-state index in [1.807, 2.05) is 0 Å². The highest BCUT2D eigenvalue weighted by Crippen LogP contribution is 2.41. The summed E-state index contributed by atoms with van der Waals surface area (Å²) in [5.41, 5.74) is 0.788. The van der Waals surface area contributed by atoms with Crippen molar-refractivity contribution in [3.8, 4) is 0 Å². The van der Waals surface area contributed by atoms with Crippen LogP contribution < -0.4 is 4.90 Å². The molecule has 1 unspecified atom stereocenters. The standard InChI is InChI=1S/C19H16FN3O4/c1-9(2)16(24)14-15(13-4-3-7-27-13)23(18(26)17(14)25)19-21-11-6-5-10(20)8-12(11)22-19/h3-9,15,25H,1-2H3,(H,21,22). The number of ketones is 1. The summed E-state index contributed by atoms with van der Waals surface area (Å²) in [6.45, 7) is 3.36. The number of imidazole rings is 1. The van der Waals surface area contributed by atoms with E-state index in [1.54, 1.807) is 26.0 Å². The fourth-order valence-corrected chi connectivity index (χ4v) is 3.18. The maximum Gasteiger partial charge on any atom is 0.296 e. The van der Waals surface area contributed by atoms with Crippen molar-refractivity contribution in [1.82, 2.24) is 9.97 Å². The van der Waals surface area contributed by atoms with Gasteiger partial charge in [0.25, 0.3) is 5.91 Å². The van der Waals surface area contributed by atoms with Crippen molar-refractivity contribution in [3.63, 3.8) is 0 Å². The number of benzene rings is 1. The van der Waals surface area contributed by atoms with Crippen molar-refractivity contribution in [3.05, 3.63) is 59.5 Å². The first-order valence-electron chi connectivity index (χ1n) is 8.38. The van der Waals surface area contributed by atoms with Crippen LogP contribution in [-0.4, -0.2) is 26.8 Å². The minimum Gasteiger partial charge on any atom is -0.503 e. The molecule has 0 saturated carbocycles. The third-order valence-electron chi connectivity index (χ3n) is 4.47. The van der Waals surface area contributed by atoms with Gasteiger partial charge < -0.3 is 14.5 Å². The minimum absolute atomic E-state index is 0.0448. The Morgan fingerprint density at radius 1 is 1.37 bits per heavy atom. The maximum absolute atomic E-state index is 13.5. The van der Waals surface area contributed by atoms with Gasteiger partial charge >= 0.3 is 0 Å². The molecular weight excluding hydrogens is 353 g/mol. The number of amides is 1. The zero-order chi connectivity index (χ0) is 19.3. The number of hydrogen-bond acceptors (Lipinski definition) is 5. The van der Waals surface area contributed by atoms with Gasteiger partial charge in [-0.3, -0.25) is 14.5 Å². The van der Waals surface area contributed by atoms with Gasteiger partial charge in [0.2, 0.25) is 5.95 Å². The van der Waals surface area contributed by atoms with Crippen molar-refractivity contribution in [2.45, 2.75) is 19.9 Å². The summed E-state index contributed by atoms with van der Waals surface area (Å²) < 4.78 is 18.9. The van der Waals surface area contributed by atoms with E-state index in [1.165, 1.54) is 24.5 Å². The fourth-order valence-electron chi connectivity index (χ4n) is 3.18. The van der Waals surface area contributed by atoms with Crippen LogP contribution in [0.25, 0.3) is 11.0 Å². The van der Waals surface area contributed by atoms with Crippen LogP contribution in [0.4, 0.5) is 10.3 Å². The smallest absolute Gasteiger partial charge is 0.296 e. The Morgan fingerprint density at radius 2 is 2.15 bits per heavy atom. The molecule has 3 aromatic rings. The van der Waals surface area contributed by atoms with Gasteiger partial charge in [0, 0.05) is 5.92 Å². The number of rotatable bonds is 4. The van der Waals surface area contributed by atoms with Crippen molar-refractivity contribution >= 4 is 28.7 Å². The molecule has 1 amide bonds. The van der Waals surface area contributed by atoms with E-state index in [0.29, 0.717) is 16.8 Å². The second-order valence-electron chi connectivity index (χ2n) is 6.60. The highest BCUT2D eigenvalue weighted by atomic mass is 19.1. The van der Waals surface area contributed by atoms with Crippen molar-refractivity contribution in [1.29, 1.82) is 0 Å². The average molecular weight is 369 g/mol. The Kier molecular flexibility index (Phi) is 3.83. The molecule has 0 spiro atoms. The van der Waals surface area contributed by atoms with Crippen LogP contribution in [0.2, 0.25) is 0 Å². The summed E-state index contributed by atoms with van der Waals surface area (Å²) in [5, 5.41) is 10.4. The summed E-state index contributed by atoms with van der Waals surface area (Å²) in [6.07, 6.45) is 1.42. The number of Topliss-reactive ketones (excluding diaryl/α,β-unsaturated/α-hetero) is 1. The SMILES string of the molecule is CC(C)C(=O)C1=C(O)C(=O)N(c2nc3ccc(F)cc3[nH]2)C1c1ccco1. The van der Waals surface area contributed by atoms with Crippen molar-refractivity contribution in [2.75, 3.05) is 4.90 Å². The molecule has 0 radical (unpaired) electrons. The van der Waals surface area contributed by atoms with Gasteiger partial charge in [-0.25, -0.2) is 9.37 Å². The zero-order valence-electron chi connectivity index (χ0n) is 14.6. The van der Waals surface area contributed by atoms with Gasteiger partial charge in [-0.2, -0.15) is 0 Å². The molecule has 2 aromatic heterocycles. The Hall–Kier alpha value is -3.42. The van der Waals surface area contributed by atoms with E-state index < -0.39 is 29.4 Å². The highest BCUT2D eigenvalue weighted by molar-refractivity contribution is 6.16. The lowest BCUT2D eigenvalue weighted by molar-refractivity contribution is -0.119. The lowest BCUT2D eigenvalue weighted by Gasteiger charge is -2.22. The van der Waals surface area contributed by atoms with Gasteiger partial charge in [-0.05, 0) is 30.3 Å². The number of furan rings is 1. The molecular formula is C19H16FN3O4. The zero-order valence-corrected chi connectivity index (χ0v) is 14.6. The van der Waals surface area contributed by atoms with E-state index >= 15 is 0 Å². The first-order chi connectivity index (χ1) is 12.9. The van der Waals surface area contributed by atoms with E-state index in [9.17, 15) is 19.1 Å². The number of aromatic nitrogens is 2. The topological polar surface area (TPSA) is 99.4 Å². The molecule has 2 N–H and O–H groups in total. The lowest BCUT2D eigenvalue weighted by atomic mass is 9.94. The number of hydrogen-bond donors (Lipinski definition) is 2. The van der Waals surface area contributed by atoms with Gasteiger partial charge in [-0.1, -0.05) is 13.8 Å². The monoisotopic (exact) mass is 369 g/mol. The van der Waals surface area contributed by atoms with Crippen LogP contribution >= 0.6 is 0 Å². The van der Waals surface area contributed by atoms with Crippen LogP contribution in [0.3, 0.4) is 0 Å². The fraction of sp³-hybridized carbons (Fsp3) is 0.211. The largest absolute Gasteiger partial charge is 0.503 e. The number of carbonyl (C=O) groups is 2. The quantitative estimate of drug-likeness (QED) is 0.734. The summed E-state index contributed by atoms with van der Waals surface area (Å²) in [5.74, 6) is -2.28. The van der Waals surface area contributed by atoms with Gasteiger partial charge in [0.05, 0.1) is 22.9 Å². The Labute approximate surface area is 153 Å². The molecule has 4 rings (SSSR count). The second kappa shape index (κ2) is 6.08. The van der Waals surface area contributed by atoms with Gasteiger partial charge in [0.15, 0.2) is 11.5 Å². The molecule has 1 aliphatic heterocycles. The number of nitrogens with zero attached hydrogens (tertiary/aromatic N) is 2. The molecule has 0 fully saturated rings. The van der Waals surface area contributed by atoms with Crippen LogP contribution in [-0.2, 0) is 9.59 Å². The first kappa shape index (κ1) is 17.0. The molecule has 0 bridgehead atoms. The number of H-pyrrole nitrogens is 1. The van der Waals surface area contributed by atoms with Crippen LogP contribution in [0.15, 0.2) is 52.3 Å². The molecule has 0 aliphatic carbocycles. The average Bonchev–Trinajstić information content (AvgIpc) is 3.33. The summed E-state index contributed by atoms with van der Waals surface area (Å²) in [4.78, 5) is 33.8. The number of aliphatic hydroxyl groups is 1. The van der Waals surface area contributed by atoms with Crippen molar-refractivity contribution < 1.29 is 23.5 Å². The molecule has 0 saturated heterocycles. The number of nitrogens with one attached hydrogen (secondary N) is 1. The molecule has 7 nitrogen and oxygen atoms in total. The first-order valence-corrected chi connectivity index (χ1v) is 8.38. The van der Waals surface area contributed by atoms with E-state index in [0.717, 1.165) is 4.90 Å². The van der Waals surface area contributed by atoms with Gasteiger partial charge in [0.1, 0.15) is 17.6 Å². The number of aliphatic hydroxyl groups excluding tert-OH is 1. The third kappa shape index (κ3) is 2.61. The number of carbonyl (C=O) groups excluding carboxylic acids is 2. The lowest BCUT2D eigenvalue weighted by Crippen LogP contribution is -2.32. The second-order valence-corrected chi connectivity index (χ2v) is 6.60. The minimum atomic E-state index is -0.965. The molecule has 27 heavy (non-hydrogen) atoms. The highest BCUT2D eigenvalue weighted by Gasteiger charge is 2.47. The molecule has 1 aliphatic rings. The van der Waals surface area contributed by atoms with Gasteiger partial charge in [-0.15, -0.1) is 0 Å². The van der Waals surface area contributed by atoms with Crippen LogP contribution in [0, 0.1) is 11.7 Å². The van der Waals surface area contributed by atoms with Crippen LogP contribution in [0.1, 0.15) is 25.6 Å². The maximum atomic E-state index is 13.5. The summed E-state index contributed by atoms with van der Waals surface area (Å²) in [7, 11) is 0.